The minimum atomic E-state index is -3.72. The molecule has 1 fully saturated rings. The van der Waals surface area contributed by atoms with Crippen LogP contribution in [0.25, 0.3) is 0 Å². The van der Waals surface area contributed by atoms with Crippen LogP contribution in [0.15, 0.2) is 11.4 Å². The monoisotopic (exact) mass is 344 g/mol. The molecule has 2 aliphatic rings. The van der Waals surface area contributed by atoms with E-state index in [1.165, 1.54) is 9.87 Å². The van der Waals surface area contributed by atoms with Crippen molar-refractivity contribution in [2.45, 2.75) is 38.2 Å². The van der Waals surface area contributed by atoms with E-state index in [1.54, 1.807) is 11.3 Å². The predicted octanol–water partition coefficient (Wildman–Crippen LogP) is 1.60. The fraction of sp³-hybridized carbons (Fsp3) is 0.643. The van der Waals surface area contributed by atoms with E-state index >= 15 is 0 Å². The molecule has 0 saturated carbocycles. The summed E-state index contributed by atoms with van der Waals surface area (Å²) < 4.78 is 33.5. The first kappa shape index (κ1) is 15.9. The minimum Gasteiger partial charge on any atom is -0.372 e. The van der Waals surface area contributed by atoms with Gasteiger partial charge in [-0.1, -0.05) is 6.42 Å². The van der Waals surface area contributed by atoms with Crippen LogP contribution >= 0.6 is 11.3 Å². The minimum absolute atomic E-state index is 0.0422. The first-order valence-electron chi connectivity index (χ1n) is 7.55. The van der Waals surface area contributed by atoms with Crippen LogP contribution in [0.4, 0.5) is 0 Å². The van der Waals surface area contributed by atoms with Gasteiger partial charge in [0.15, 0.2) is 0 Å². The first-order chi connectivity index (χ1) is 10.6. The molecule has 22 heavy (non-hydrogen) atoms. The third-order valence-corrected chi connectivity index (χ3v) is 6.61. The van der Waals surface area contributed by atoms with Gasteiger partial charge in [-0.05, 0) is 36.3 Å². The molecule has 0 spiro atoms. The second-order valence-corrected chi connectivity index (χ2v) is 8.23. The zero-order valence-electron chi connectivity index (χ0n) is 12.3. The maximum Gasteiger partial charge on any atom is 0.303 e. The first-order valence-corrected chi connectivity index (χ1v) is 9.87. The van der Waals surface area contributed by atoms with E-state index in [2.05, 4.69) is 4.72 Å². The van der Waals surface area contributed by atoms with Crippen LogP contribution in [-0.2, 0) is 26.2 Å². The molecule has 3 rings (SSSR count). The molecule has 1 atom stereocenters. The number of hydrogen-bond acceptors (Lipinski definition) is 5. The van der Waals surface area contributed by atoms with Crippen LogP contribution in [0.1, 0.15) is 42.2 Å². The van der Waals surface area contributed by atoms with Gasteiger partial charge >= 0.3 is 10.2 Å². The number of carbonyl (C=O) groups excluding carboxylic acids is 1. The average Bonchev–Trinajstić information content (AvgIpc) is 2.97. The highest BCUT2D eigenvalue weighted by atomic mass is 32.2. The normalized spacial score (nSPS) is 23.0. The molecule has 0 aliphatic carbocycles. The Morgan fingerprint density at radius 2 is 2.14 bits per heavy atom. The Balaban J connectivity index is 1.61. The molecular formula is C14H20N2O4S2. The van der Waals surface area contributed by atoms with Crippen molar-refractivity contribution in [3.05, 3.63) is 21.9 Å². The van der Waals surface area contributed by atoms with E-state index in [0.29, 0.717) is 19.7 Å². The molecule has 0 aromatic carbocycles. The molecular weight excluding hydrogens is 324 g/mol. The van der Waals surface area contributed by atoms with E-state index in [9.17, 15) is 13.2 Å². The van der Waals surface area contributed by atoms with Crippen molar-refractivity contribution in [1.29, 1.82) is 0 Å². The van der Waals surface area contributed by atoms with E-state index < -0.39 is 16.1 Å². The van der Waals surface area contributed by atoms with Crippen molar-refractivity contribution in [3.8, 4) is 0 Å². The van der Waals surface area contributed by atoms with Gasteiger partial charge in [-0.3, -0.25) is 4.79 Å². The summed E-state index contributed by atoms with van der Waals surface area (Å²) in [4.78, 5) is 13.1. The van der Waals surface area contributed by atoms with Gasteiger partial charge in [0, 0.05) is 18.0 Å². The van der Waals surface area contributed by atoms with Crippen molar-refractivity contribution in [2.75, 3.05) is 19.7 Å². The smallest absolute Gasteiger partial charge is 0.303 e. The summed E-state index contributed by atoms with van der Waals surface area (Å²) in [6.07, 6.45) is 3.29. The molecule has 1 aromatic rings. The molecule has 2 aliphatic heterocycles. The van der Waals surface area contributed by atoms with Gasteiger partial charge < -0.3 is 4.74 Å². The summed E-state index contributed by atoms with van der Waals surface area (Å²) in [6, 6.07) is 2.04. The number of fused-ring (bicyclic) bond motifs is 1. The van der Waals surface area contributed by atoms with Gasteiger partial charge in [0.25, 0.3) is 0 Å². The lowest BCUT2D eigenvalue weighted by Gasteiger charge is -2.26. The second-order valence-electron chi connectivity index (χ2n) is 5.61. The Hall–Kier alpha value is -0.960. The third-order valence-electron chi connectivity index (χ3n) is 4.03. The van der Waals surface area contributed by atoms with Crippen LogP contribution in [0.2, 0.25) is 0 Å². The number of carbonyl (C=O) groups is 1. The summed E-state index contributed by atoms with van der Waals surface area (Å²) in [5.41, 5.74) is 1.20. The molecule has 1 amide bonds. The standard InChI is InChI=1S/C14H20N2O4S2/c17-13(15-22(18,19)16-6-2-1-3-7-16)10-12-14-11(4-8-20-12)5-9-21-14/h5,9,12H,1-4,6-8,10H2,(H,15,17)/t12-/m1/s1. The maximum atomic E-state index is 12.2. The molecule has 3 heterocycles. The van der Waals surface area contributed by atoms with Crippen molar-refractivity contribution in [1.82, 2.24) is 9.03 Å². The number of nitrogens with one attached hydrogen (secondary N) is 1. The van der Waals surface area contributed by atoms with E-state index in [0.717, 1.165) is 30.6 Å². The summed E-state index contributed by atoms with van der Waals surface area (Å²) in [5, 5.41) is 1.98. The Morgan fingerprint density at radius 1 is 1.36 bits per heavy atom. The highest BCUT2D eigenvalue weighted by Crippen LogP contribution is 2.33. The molecule has 6 nitrogen and oxygen atoms in total. The summed E-state index contributed by atoms with van der Waals surface area (Å²) >= 11 is 1.56. The Labute approximate surface area is 134 Å². The largest absolute Gasteiger partial charge is 0.372 e. The Morgan fingerprint density at radius 3 is 2.91 bits per heavy atom. The van der Waals surface area contributed by atoms with Gasteiger partial charge in [0.2, 0.25) is 5.91 Å². The van der Waals surface area contributed by atoms with Crippen molar-refractivity contribution >= 4 is 27.5 Å². The van der Waals surface area contributed by atoms with Crippen molar-refractivity contribution < 1.29 is 17.9 Å². The maximum absolute atomic E-state index is 12.2. The molecule has 1 N–H and O–H groups in total. The molecule has 1 aromatic heterocycles. The Kier molecular flexibility index (Phi) is 4.82. The zero-order chi connectivity index (χ0) is 15.6. The van der Waals surface area contributed by atoms with Crippen LogP contribution < -0.4 is 4.72 Å². The van der Waals surface area contributed by atoms with E-state index in [4.69, 9.17) is 4.74 Å². The van der Waals surface area contributed by atoms with Crippen molar-refractivity contribution in [3.63, 3.8) is 0 Å². The highest BCUT2D eigenvalue weighted by molar-refractivity contribution is 7.87. The SMILES string of the molecule is O=C(C[C@H]1OCCc2ccsc21)NS(=O)(=O)N1CCCCC1. The molecule has 0 radical (unpaired) electrons. The number of hydrogen-bond donors (Lipinski definition) is 1. The number of nitrogens with zero attached hydrogens (tertiary/aromatic N) is 1. The fourth-order valence-corrected chi connectivity index (χ4v) is 5.14. The summed E-state index contributed by atoms with van der Waals surface area (Å²) in [7, 11) is -3.72. The summed E-state index contributed by atoms with van der Waals surface area (Å²) in [5.74, 6) is -0.503. The van der Waals surface area contributed by atoms with Crippen LogP contribution in [0, 0.1) is 0 Å². The van der Waals surface area contributed by atoms with E-state index in [-0.39, 0.29) is 12.5 Å². The topological polar surface area (TPSA) is 75.7 Å². The highest BCUT2D eigenvalue weighted by Gasteiger charge is 2.29. The third kappa shape index (κ3) is 3.51. The van der Waals surface area contributed by atoms with Crippen LogP contribution in [0.3, 0.4) is 0 Å². The molecule has 122 valence electrons. The van der Waals surface area contributed by atoms with Gasteiger partial charge in [-0.25, -0.2) is 4.72 Å². The second kappa shape index (κ2) is 6.66. The van der Waals surface area contributed by atoms with Gasteiger partial charge in [0.05, 0.1) is 13.0 Å². The summed E-state index contributed by atoms with van der Waals surface area (Å²) in [6.45, 7) is 1.54. The van der Waals surface area contributed by atoms with Gasteiger partial charge in [-0.15, -0.1) is 11.3 Å². The molecule has 8 heteroatoms. The van der Waals surface area contributed by atoms with Gasteiger partial charge in [-0.2, -0.15) is 12.7 Å². The number of ether oxygens (including phenoxy) is 1. The molecule has 0 bridgehead atoms. The number of thiophene rings is 1. The lowest BCUT2D eigenvalue weighted by molar-refractivity contribution is -0.122. The predicted molar refractivity (Wildman–Crippen MR) is 83.8 cm³/mol. The lowest BCUT2D eigenvalue weighted by Crippen LogP contribution is -2.46. The quantitative estimate of drug-likeness (QED) is 0.900. The van der Waals surface area contributed by atoms with Crippen LogP contribution in [-0.4, -0.2) is 38.3 Å². The van der Waals surface area contributed by atoms with E-state index in [1.807, 2.05) is 11.4 Å². The van der Waals surface area contributed by atoms with Crippen LogP contribution in [0.5, 0.6) is 0 Å². The fourth-order valence-electron chi connectivity index (χ4n) is 2.90. The number of rotatable bonds is 4. The lowest BCUT2D eigenvalue weighted by atomic mass is 10.1. The van der Waals surface area contributed by atoms with Crippen molar-refractivity contribution in [2.24, 2.45) is 0 Å². The number of piperidine rings is 1. The average molecular weight is 344 g/mol. The number of amides is 1. The Bertz CT molecular complexity index is 635. The van der Waals surface area contributed by atoms with Gasteiger partial charge in [0.1, 0.15) is 6.10 Å². The molecule has 1 saturated heterocycles. The zero-order valence-corrected chi connectivity index (χ0v) is 13.9. The molecule has 0 unspecified atom stereocenters.